The SMILES string of the molecule is N#Cc1ccccc1-c1ncc[nH]1. The van der Waals surface area contributed by atoms with E-state index in [0.717, 1.165) is 11.4 Å². The van der Waals surface area contributed by atoms with Gasteiger partial charge in [0.2, 0.25) is 0 Å². The van der Waals surface area contributed by atoms with Gasteiger partial charge in [0.15, 0.2) is 0 Å². The van der Waals surface area contributed by atoms with Gasteiger partial charge in [-0.3, -0.25) is 0 Å². The van der Waals surface area contributed by atoms with E-state index >= 15 is 0 Å². The van der Waals surface area contributed by atoms with Gasteiger partial charge in [-0.1, -0.05) is 12.1 Å². The van der Waals surface area contributed by atoms with Crippen LogP contribution in [-0.4, -0.2) is 9.97 Å². The van der Waals surface area contributed by atoms with Crippen molar-refractivity contribution in [2.24, 2.45) is 0 Å². The number of aromatic amines is 1. The molecule has 0 saturated heterocycles. The van der Waals surface area contributed by atoms with Crippen LogP contribution in [0, 0.1) is 11.3 Å². The maximum Gasteiger partial charge on any atom is 0.138 e. The van der Waals surface area contributed by atoms with Gasteiger partial charge in [0.25, 0.3) is 0 Å². The Balaban J connectivity index is 2.59. The average Bonchev–Trinajstić information content (AvgIpc) is 2.70. The van der Waals surface area contributed by atoms with Gasteiger partial charge in [0.05, 0.1) is 11.6 Å². The number of H-pyrrole nitrogens is 1. The van der Waals surface area contributed by atoms with E-state index in [1.807, 2.05) is 18.2 Å². The number of hydrogen-bond donors (Lipinski definition) is 1. The first-order chi connectivity index (χ1) is 6.42. The Labute approximate surface area is 75.7 Å². The Morgan fingerprint density at radius 1 is 1.31 bits per heavy atom. The van der Waals surface area contributed by atoms with Gasteiger partial charge in [-0.2, -0.15) is 5.26 Å². The average molecular weight is 169 g/mol. The minimum atomic E-state index is 0.637. The molecule has 0 bridgehead atoms. The van der Waals surface area contributed by atoms with Crippen molar-refractivity contribution in [2.45, 2.75) is 0 Å². The molecule has 0 atom stereocenters. The first-order valence-electron chi connectivity index (χ1n) is 3.90. The third-order valence-corrected chi connectivity index (χ3v) is 1.80. The molecule has 0 unspecified atom stereocenters. The molecule has 2 aromatic rings. The molecule has 0 aliphatic heterocycles. The van der Waals surface area contributed by atoms with Crippen LogP contribution in [0.15, 0.2) is 36.7 Å². The van der Waals surface area contributed by atoms with Crippen LogP contribution in [0.5, 0.6) is 0 Å². The van der Waals surface area contributed by atoms with Crippen LogP contribution in [0.4, 0.5) is 0 Å². The summed E-state index contributed by atoms with van der Waals surface area (Å²) in [6, 6.07) is 9.50. The normalized spacial score (nSPS) is 9.46. The van der Waals surface area contributed by atoms with E-state index in [1.165, 1.54) is 0 Å². The van der Waals surface area contributed by atoms with Crippen LogP contribution < -0.4 is 0 Å². The molecule has 0 radical (unpaired) electrons. The van der Waals surface area contributed by atoms with Crippen molar-refractivity contribution in [1.82, 2.24) is 9.97 Å². The molecular formula is C10H7N3. The summed E-state index contributed by atoms with van der Waals surface area (Å²) < 4.78 is 0. The van der Waals surface area contributed by atoms with E-state index in [0.29, 0.717) is 5.56 Å². The highest BCUT2D eigenvalue weighted by atomic mass is 14.9. The summed E-state index contributed by atoms with van der Waals surface area (Å²) in [5, 5.41) is 8.83. The standard InChI is InChI=1S/C10H7N3/c11-7-8-3-1-2-4-9(8)10-12-5-6-13-10/h1-6H,(H,12,13). The van der Waals surface area contributed by atoms with Crippen LogP contribution in [0.25, 0.3) is 11.4 Å². The molecule has 0 spiro atoms. The molecule has 1 heterocycles. The summed E-state index contributed by atoms with van der Waals surface area (Å²) in [4.78, 5) is 7.05. The van der Waals surface area contributed by atoms with Crippen LogP contribution in [0.3, 0.4) is 0 Å². The van der Waals surface area contributed by atoms with Gasteiger partial charge < -0.3 is 4.98 Å². The van der Waals surface area contributed by atoms with Crippen LogP contribution in [-0.2, 0) is 0 Å². The van der Waals surface area contributed by atoms with Gasteiger partial charge in [0, 0.05) is 18.0 Å². The summed E-state index contributed by atoms with van der Waals surface area (Å²) in [6.45, 7) is 0. The number of rotatable bonds is 1. The van der Waals surface area contributed by atoms with E-state index in [1.54, 1.807) is 18.5 Å². The first-order valence-corrected chi connectivity index (χ1v) is 3.90. The lowest BCUT2D eigenvalue weighted by atomic mass is 10.1. The number of hydrogen-bond acceptors (Lipinski definition) is 2. The largest absolute Gasteiger partial charge is 0.345 e. The van der Waals surface area contributed by atoms with Gasteiger partial charge in [0.1, 0.15) is 5.82 Å². The summed E-state index contributed by atoms with van der Waals surface area (Å²) in [5.41, 5.74) is 1.48. The number of nitrogens with one attached hydrogen (secondary N) is 1. The van der Waals surface area contributed by atoms with Crippen LogP contribution in [0.2, 0.25) is 0 Å². The predicted molar refractivity (Wildman–Crippen MR) is 48.7 cm³/mol. The van der Waals surface area contributed by atoms with E-state index in [-0.39, 0.29) is 0 Å². The Morgan fingerprint density at radius 3 is 2.85 bits per heavy atom. The third kappa shape index (κ3) is 1.30. The maximum atomic E-state index is 8.83. The molecule has 0 amide bonds. The topological polar surface area (TPSA) is 52.5 Å². The predicted octanol–water partition coefficient (Wildman–Crippen LogP) is 1.95. The van der Waals surface area contributed by atoms with Crippen molar-refractivity contribution >= 4 is 0 Å². The molecule has 13 heavy (non-hydrogen) atoms. The summed E-state index contributed by atoms with van der Waals surface area (Å²) in [6.07, 6.45) is 3.41. The fraction of sp³-hybridized carbons (Fsp3) is 0. The van der Waals surface area contributed by atoms with E-state index < -0.39 is 0 Å². The quantitative estimate of drug-likeness (QED) is 0.709. The Morgan fingerprint density at radius 2 is 2.15 bits per heavy atom. The van der Waals surface area contributed by atoms with Crippen molar-refractivity contribution in [2.75, 3.05) is 0 Å². The molecule has 62 valence electrons. The van der Waals surface area contributed by atoms with Gasteiger partial charge in [-0.15, -0.1) is 0 Å². The molecule has 3 heteroatoms. The number of benzene rings is 1. The van der Waals surface area contributed by atoms with Crippen LogP contribution >= 0.6 is 0 Å². The minimum absolute atomic E-state index is 0.637. The molecule has 2 rings (SSSR count). The van der Waals surface area contributed by atoms with Crippen molar-refractivity contribution < 1.29 is 0 Å². The van der Waals surface area contributed by atoms with Crippen LogP contribution in [0.1, 0.15) is 5.56 Å². The van der Waals surface area contributed by atoms with Crippen molar-refractivity contribution in [3.05, 3.63) is 42.2 Å². The Kier molecular flexibility index (Phi) is 1.81. The lowest BCUT2D eigenvalue weighted by Crippen LogP contribution is -1.84. The number of imidazole rings is 1. The fourth-order valence-electron chi connectivity index (χ4n) is 1.20. The highest BCUT2D eigenvalue weighted by molar-refractivity contribution is 5.63. The maximum absolute atomic E-state index is 8.83. The summed E-state index contributed by atoms with van der Waals surface area (Å²) >= 11 is 0. The Bertz CT molecular complexity index is 437. The highest BCUT2D eigenvalue weighted by Gasteiger charge is 2.04. The third-order valence-electron chi connectivity index (χ3n) is 1.80. The van der Waals surface area contributed by atoms with Crippen molar-refractivity contribution in [3.8, 4) is 17.5 Å². The monoisotopic (exact) mass is 169 g/mol. The second-order valence-electron chi connectivity index (χ2n) is 2.60. The van der Waals surface area contributed by atoms with Crippen molar-refractivity contribution in [1.29, 1.82) is 5.26 Å². The number of aromatic nitrogens is 2. The molecule has 1 aromatic heterocycles. The molecule has 3 nitrogen and oxygen atoms in total. The first kappa shape index (κ1) is 7.56. The second kappa shape index (κ2) is 3.11. The fourth-order valence-corrected chi connectivity index (χ4v) is 1.20. The lowest BCUT2D eigenvalue weighted by Gasteiger charge is -1.97. The zero-order valence-corrected chi connectivity index (χ0v) is 6.86. The smallest absolute Gasteiger partial charge is 0.138 e. The molecule has 1 aromatic carbocycles. The highest BCUT2D eigenvalue weighted by Crippen LogP contribution is 2.18. The van der Waals surface area contributed by atoms with Crippen molar-refractivity contribution in [3.63, 3.8) is 0 Å². The van der Waals surface area contributed by atoms with E-state index in [2.05, 4.69) is 16.0 Å². The molecule has 0 aliphatic rings. The lowest BCUT2D eigenvalue weighted by molar-refractivity contribution is 1.30. The second-order valence-corrected chi connectivity index (χ2v) is 2.60. The van der Waals surface area contributed by atoms with Gasteiger partial charge in [-0.25, -0.2) is 4.98 Å². The zero-order valence-electron chi connectivity index (χ0n) is 6.86. The van der Waals surface area contributed by atoms with Gasteiger partial charge in [-0.05, 0) is 12.1 Å². The molecule has 0 aliphatic carbocycles. The molecule has 0 saturated carbocycles. The van der Waals surface area contributed by atoms with Gasteiger partial charge >= 0.3 is 0 Å². The minimum Gasteiger partial charge on any atom is -0.345 e. The van der Waals surface area contributed by atoms with E-state index in [4.69, 9.17) is 5.26 Å². The van der Waals surface area contributed by atoms with E-state index in [9.17, 15) is 0 Å². The molecule has 1 N–H and O–H groups in total. The molecule has 0 fully saturated rings. The molecular weight excluding hydrogens is 162 g/mol. The summed E-state index contributed by atoms with van der Waals surface area (Å²) in [5.74, 6) is 0.733. The number of nitrogens with zero attached hydrogens (tertiary/aromatic N) is 2. The Hall–Kier alpha value is -2.08. The number of nitriles is 1. The summed E-state index contributed by atoms with van der Waals surface area (Å²) in [7, 11) is 0. The zero-order chi connectivity index (χ0) is 9.10.